The minimum atomic E-state index is -3.85. The quantitative estimate of drug-likeness (QED) is 0.419. The van der Waals surface area contributed by atoms with Crippen molar-refractivity contribution in [3.05, 3.63) is 126 Å². The van der Waals surface area contributed by atoms with E-state index in [9.17, 15) is 13.2 Å². The summed E-state index contributed by atoms with van der Waals surface area (Å²) in [7, 11) is -3.85. The second-order valence-electron chi connectivity index (χ2n) is 9.46. The highest BCUT2D eigenvalue weighted by Crippen LogP contribution is 2.47. The molecule has 1 aliphatic carbocycles. The topological polar surface area (TPSA) is 54.5 Å². The van der Waals surface area contributed by atoms with Gasteiger partial charge in [0, 0.05) is 24.0 Å². The van der Waals surface area contributed by atoms with Crippen LogP contribution < -0.4 is 0 Å². The Balaban J connectivity index is 1.68. The van der Waals surface area contributed by atoms with Gasteiger partial charge in [-0.2, -0.15) is 0 Å². The van der Waals surface area contributed by atoms with Gasteiger partial charge in [0.1, 0.15) is 5.78 Å². The van der Waals surface area contributed by atoms with Crippen molar-refractivity contribution in [1.82, 2.24) is 4.31 Å². The Morgan fingerprint density at radius 3 is 2.06 bits per heavy atom. The molecule has 0 fully saturated rings. The van der Waals surface area contributed by atoms with Crippen molar-refractivity contribution in [3.8, 4) is 0 Å². The summed E-state index contributed by atoms with van der Waals surface area (Å²) in [5.41, 5.74) is 4.19. The number of allylic oxidation sites excluding steroid dienone is 2. The molecule has 2 aliphatic rings. The lowest BCUT2D eigenvalue weighted by molar-refractivity contribution is -0.122. The van der Waals surface area contributed by atoms with Gasteiger partial charge in [-0.25, -0.2) is 8.42 Å². The smallest absolute Gasteiger partial charge is 0.264 e. The SMILES string of the molecule is CC(=O)[C@H]1C[C@@H](c2ccccc2)C=C2[C@H](c3ccccc3)C=CN(S(=O)(=O)c3ccc(C)cc3)[C@H]21. The van der Waals surface area contributed by atoms with Crippen LogP contribution in [0.3, 0.4) is 0 Å². The van der Waals surface area contributed by atoms with E-state index < -0.39 is 22.0 Å². The van der Waals surface area contributed by atoms with E-state index in [1.807, 2.05) is 49.4 Å². The van der Waals surface area contributed by atoms with Gasteiger partial charge in [0.25, 0.3) is 10.0 Å². The first kappa shape index (κ1) is 23.3. The first-order valence-corrected chi connectivity index (χ1v) is 13.4. The summed E-state index contributed by atoms with van der Waals surface area (Å²) in [6.07, 6.45) is 6.41. The number of carbonyl (C=O) groups excluding carboxylic acids is 1. The van der Waals surface area contributed by atoms with Crippen molar-refractivity contribution < 1.29 is 13.2 Å². The lowest BCUT2D eigenvalue weighted by Crippen LogP contribution is -2.49. The monoisotopic (exact) mass is 483 g/mol. The molecule has 0 radical (unpaired) electrons. The summed E-state index contributed by atoms with van der Waals surface area (Å²) in [5, 5.41) is 0. The second-order valence-corrected chi connectivity index (χ2v) is 11.3. The lowest BCUT2D eigenvalue weighted by Gasteiger charge is -2.45. The van der Waals surface area contributed by atoms with Gasteiger partial charge in [-0.05, 0) is 49.1 Å². The Hall–Kier alpha value is -3.44. The summed E-state index contributed by atoms with van der Waals surface area (Å²) in [5.74, 6) is -0.499. The molecular formula is C30H29NO3S. The van der Waals surface area contributed by atoms with E-state index in [1.54, 1.807) is 37.4 Å². The fraction of sp³-hybridized carbons (Fsp3) is 0.233. The van der Waals surface area contributed by atoms with Crippen LogP contribution in [0.5, 0.6) is 0 Å². The van der Waals surface area contributed by atoms with Gasteiger partial charge in [0.15, 0.2) is 0 Å². The molecule has 0 aromatic heterocycles. The van der Waals surface area contributed by atoms with Gasteiger partial charge in [0.2, 0.25) is 0 Å². The number of aryl methyl sites for hydroxylation is 1. The zero-order chi connectivity index (χ0) is 24.6. The van der Waals surface area contributed by atoms with Crippen LogP contribution in [0.25, 0.3) is 0 Å². The number of sulfonamides is 1. The van der Waals surface area contributed by atoms with Crippen molar-refractivity contribution in [2.75, 3.05) is 0 Å². The van der Waals surface area contributed by atoms with E-state index in [0.29, 0.717) is 6.42 Å². The van der Waals surface area contributed by atoms with Crippen LogP contribution in [0.4, 0.5) is 0 Å². The maximum atomic E-state index is 13.9. The van der Waals surface area contributed by atoms with Crippen molar-refractivity contribution in [2.24, 2.45) is 5.92 Å². The average molecular weight is 484 g/mol. The standard InChI is InChI=1S/C30H29NO3S/c1-21-13-15-26(16-14-21)35(33,34)31-18-17-27(24-11-7-4-8-12-24)29-20-25(23-9-5-3-6-10-23)19-28(22(2)32)30(29)31/h3-18,20,25,27-28,30H,19H2,1-2H3/t25-,27+,28-,30+/m1/s1. The highest BCUT2D eigenvalue weighted by Gasteiger charge is 2.46. The van der Waals surface area contributed by atoms with Crippen LogP contribution in [-0.4, -0.2) is 24.5 Å². The van der Waals surface area contributed by atoms with Crippen LogP contribution in [0.2, 0.25) is 0 Å². The van der Waals surface area contributed by atoms with Crippen molar-refractivity contribution in [1.29, 1.82) is 0 Å². The molecule has 5 rings (SSSR count). The average Bonchev–Trinajstić information content (AvgIpc) is 2.88. The zero-order valence-corrected chi connectivity index (χ0v) is 20.7. The first-order chi connectivity index (χ1) is 16.9. The van der Waals surface area contributed by atoms with Gasteiger partial charge in [-0.1, -0.05) is 90.5 Å². The van der Waals surface area contributed by atoms with Gasteiger partial charge in [0.05, 0.1) is 10.9 Å². The molecule has 35 heavy (non-hydrogen) atoms. The molecule has 4 nitrogen and oxygen atoms in total. The predicted octanol–water partition coefficient (Wildman–Crippen LogP) is 5.98. The number of benzene rings is 3. The van der Waals surface area contributed by atoms with Crippen LogP contribution >= 0.6 is 0 Å². The zero-order valence-electron chi connectivity index (χ0n) is 19.9. The molecule has 0 unspecified atom stereocenters. The molecule has 3 aromatic carbocycles. The van der Waals surface area contributed by atoms with Gasteiger partial charge < -0.3 is 0 Å². The van der Waals surface area contributed by atoms with E-state index in [4.69, 9.17) is 0 Å². The Morgan fingerprint density at radius 1 is 0.857 bits per heavy atom. The van der Waals surface area contributed by atoms with Gasteiger partial charge in [-0.15, -0.1) is 0 Å². The molecule has 0 spiro atoms. The summed E-state index contributed by atoms with van der Waals surface area (Å²) in [4.78, 5) is 13.3. The fourth-order valence-corrected chi connectivity index (χ4v) is 6.89. The molecule has 178 valence electrons. The highest BCUT2D eigenvalue weighted by molar-refractivity contribution is 7.89. The number of hydrogen-bond acceptors (Lipinski definition) is 3. The van der Waals surface area contributed by atoms with E-state index in [0.717, 1.165) is 22.3 Å². The van der Waals surface area contributed by atoms with Crippen molar-refractivity contribution in [3.63, 3.8) is 0 Å². The second kappa shape index (κ2) is 9.31. The van der Waals surface area contributed by atoms with Crippen LogP contribution in [0.15, 0.2) is 114 Å². The summed E-state index contributed by atoms with van der Waals surface area (Å²) in [6, 6.07) is 26.6. The molecule has 0 saturated carbocycles. The molecular weight excluding hydrogens is 454 g/mol. The predicted molar refractivity (Wildman–Crippen MR) is 138 cm³/mol. The number of Topliss-reactive ketones (excluding diaryl/α,β-unsaturated/α-hetero) is 1. The minimum absolute atomic E-state index is 0.00717. The van der Waals surface area contributed by atoms with Gasteiger partial charge in [-0.3, -0.25) is 9.10 Å². The summed E-state index contributed by atoms with van der Waals surface area (Å²) < 4.78 is 29.1. The molecule has 3 aromatic rings. The van der Waals surface area contributed by atoms with Crippen molar-refractivity contribution >= 4 is 15.8 Å². The van der Waals surface area contributed by atoms with E-state index in [-0.39, 0.29) is 22.5 Å². The maximum absolute atomic E-state index is 13.9. The number of carbonyl (C=O) groups is 1. The summed E-state index contributed by atoms with van der Waals surface area (Å²) >= 11 is 0. The molecule has 4 atom stereocenters. The molecule has 5 heteroatoms. The van der Waals surface area contributed by atoms with E-state index in [1.165, 1.54) is 4.31 Å². The van der Waals surface area contributed by atoms with Crippen LogP contribution in [-0.2, 0) is 14.8 Å². The molecule has 0 bridgehead atoms. The number of rotatable bonds is 5. The lowest BCUT2D eigenvalue weighted by atomic mass is 9.69. The maximum Gasteiger partial charge on any atom is 0.264 e. The van der Waals surface area contributed by atoms with E-state index >= 15 is 0 Å². The van der Waals surface area contributed by atoms with E-state index in [2.05, 4.69) is 30.3 Å². The minimum Gasteiger partial charge on any atom is -0.300 e. The highest BCUT2D eigenvalue weighted by atomic mass is 32.2. The number of hydrogen-bond donors (Lipinski definition) is 0. The molecule has 0 saturated heterocycles. The molecule has 0 N–H and O–H groups in total. The number of ketones is 1. The fourth-order valence-electron chi connectivity index (χ4n) is 5.37. The largest absolute Gasteiger partial charge is 0.300 e. The van der Waals surface area contributed by atoms with Crippen LogP contribution in [0, 0.1) is 12.8 Å². The molecule has 1 aliphatic heterocycles. The molecule has 1 heterocycles. The third-order valence-corrected chi connectivity index (χ3v) is 8.96. The Labute approximate surface area is 207 Å². The Bertz CT molecular complexity index is 1380. The molecule has 0 amide bonds. The first-order valence-electron chi connectivity index (χ1n) is 12.0. The number of nitrogens with zero attached hydrogens (tertiary/aromatic N) is 1. The summed E-state index contributed by atoms with van der Waals surface area (Å²) in [6.45, 7) is 3.52. The van der Waals surface area contributed by atoms with Gasteiger partial charge >= 0.3 is 0 Å². The third-order valence-electron chi connectivity index (χ3n) is 7.19. The third kappa shape index (κ3) is 4.37. The number of fused-ring (bicyclic) bond motifs is 1. The Kier molecular flexibility index (Phi) is 6.20. The van der Waals surface area contributed by atoms with Crippen molar-refractivity contribution in [2.45, 2.75) is 43.0 Å². The normalized spacial score (nSPS) is 23.9. The Morgan fingerprint density at radius 2 is 1.46 bits per heavy atom. The van der Waals surface area contributed by atoms with Crippen LogP contribution in [0.1, 0.15) is 41.9 Å².